The first-order valence-electron chi connectivity index (χ1n) is 6.65. The van der Waals surface area contributed by atoms with Crippen molar-refractivity contribution in [1.82, 2.24) is 15.5 Å². The second-order valence-electron chi connectivity index (χ2n) is 4.90. The van der Waals surface area contributed by atoms with Crippen LogP contribution in [0.1, 0.15) is 30.1 Å². The number of hydrogen-bond donors (Lipinski definition) is 1. The molecule has 1 saturated carbocycles. The summed E-state index contributed by atoms with van der Waals surface area (Å²) in [5.41, 5.74) is 1.05. The van der Waals surface area contributed by atoms with Crippen molar-refractivity contribution in [2.75, 3.05) is 0 Å². The molecule has 1 aromatic heterocycles. The SMILES string of the molecule is Cc1nc(COc2c(Cl)cccc2CNC2CC2)no1. The summed E-state index contributed by atoms with van der Waals surface area (Å²) >= 11 is 6.21. The summed E-state index contributed by atoms with van der Waals surface area (Å²) in [5.74, 6) is 1.73. The van der Waals surface area contributed by atoms with Crippen LogP contribution < -0.4 is 10.1 Å². The largest absolute Gasteiger partial charge is 0.484 e. The number of nitrogens with zero attached hydrogens (tertiary/aromatic N) is 2. The Morgan fingerprint density at radius 2 is 2.30 bits per heavy atom. The zero-order chi connectivity index (χ0) is 13.9. The first-order chi connectivity index (χ1) is 9.72. The van der Waals surface area contributed by atoms with E-state index in [0.29, 0.717) is 28.5 Å². The molecule has 0 bridgehead atoms. The summed E-state index contributed by atoms with van der Waals surface area (Å²) < 4.78 is 10.7. The molecule has 6 heteroatoms. The fourth-order valence-corrected chi connectivity index (χ4v) is 2.18. The standard InChI is InChI=1S/C14H16ClN3O2/c1-9-17-13(18-20-9)8-19-14-10(3-2-4-12(14)15)7-16-11-5-6-11/h2-4,11,16H,5-8H2,1H3. The monoisotopic (exact) mass is 293 g/mol. The number of aromatic nitrogens is 2. The molecule has 2 aromatic rings. The van der Waals surface area contributed by atoms with Gasteiger partial charge in [-0.15, -0.1) is 0 Å². The van der Waals surface area contributed by atoms with Gasteiger partial charge in [-0.2, -0.15) is 4.98 Å². The van der Waals surface area contributed by atoms with Gasteiger partial charge in [0.15, 0.2) is 6.61 Å². The Hall–Kier alpha value is -1.59. The van der Waals surface area contributed by atoms with Crippen molar-refractivity contribution in [2.24, 2.45) is 0 Å². The Balaban J connectivity index is 1.69. The van der Waals surface area contributed by atoms with Gasteiger partial charge in [-0.1, -0.05) is 28.9 Å². The molecule has 0 unspecified atom stereocenters. The Kier molecular flexibility index (Phi) is 3.89. The van der Waals surface area contributed by atoms with E-state index in [9.17, 15) is 0 Å². The number of benzene rings is 1. The highest BCUT2D eigenvalue weighted by Crippen LogP contribution is 2.30. The maximum Gasteiger partial charge on any atom is 0.223 e. The molecule has 0 amide bonds. The van der Waals surface area contributed by atoms with Crippen LogP contribution in [0.2, 0.25) is 5.02 Å². The van der Waals surface area contributed by atoms with Crippen molar-refractivity contribution in [1.29, 1.82) is 0 Å². The summed E-state index contributed by atoms with van der Waals surface area (Å²) in [6.45, 7) is 2.75. The highest BCUT2D eigenvalue weighted by atomic mass is 35.5. The molecule has 1 aliphatic carbocycles. The van der Waals surface area contributed by atoms with Crippen LogP contribution in [-0.4, -0.2) is 16.2 Å². The van der Waals surface area contributed by atoms with Crippen LogP contribution in [0.4, 0.5) is 0 Å². The number of para-hydroxylation sites is 1. The zero-order valence-electron chi connectivity index (χ0n) is 11.2. The van der Waals surface area contributed by atoms with Gasteiger partial charge in [-0.05, 0) is 18.9 Å². The average Bonchev–Trinajstić information content (AvgIpc) is 3.17. The molecule has 0 atom stereocenters. The minimum atomic E-state index is 0.248. The normalized spacial score (nSPS) is 14.5. The smallest absolute Gasteiger partial charge is 0.223 e. The third-order valence-corrected chi connectivity index (χ3v) is 3.42. The van der Waals surface area contributed by atoms with E-state index in [0.717, 1.165) is 12.1 Å². The number of hydrogen-bond acceptors (Lipinski definition) is 5. The van der Waals surface area contributed by atoms with Crippen LogP contribution in [0.3, 0.4) is 0 Å². The molecule has 0 spiro atoms. The summed E-state index contributed by atoms with van der Waals surface area (Å²) in [7, 11) is 0. The Labute approximate surface area is 122 Å². The van der Waals surface area contributed by atoms with Crippen LogP contribution in [0.25, 0.3) is 0 Å². The molecule has 0 radical (unpaired) electrons. The van der Waals surface area contributed by atoms with Crippen molar-refractivity contribution in [3.63, 3.8) is 0 Å². The number of ether oxygens (including phenoxy) is 1. The fraction of sp³-hybridized carbons (Fsp3) is 0.429. The van der Waals surface area contributed by atoms with Crippen LogP contribution in [0.5, 0.6) is 5.75 Å². The molecular weight excluding hydrogens is 278 g/mol. The minimum absolute atomic E-state index is 0.248. The highest BCUT2D eigenvalue weighted by Gasteiger charge is 2.21. The van der Waals surface area contributed by atoms with E-state index >= 15 is 0 Å². The Morgan fingerprint density at radius 1 is 1.45 bits per heavy atom. The molecule has 1 N–H and O–H groups in total. The molecule has 0 saturated heterocycles. The van der Waals surface area contributed by atoms with Crippen LogP contribution in [-0.2, 0) is 13.2 Å². The third-order valence-electron chi connectivity index (χ3n) is 3.12. The number of halogens is 1. The number of rotatable bonds is 6. The van der Waals surface area contributed by atoms with Crippen LogP contribution >= 0.6 is 11.6 Å². The van der Waals surface area contributed by atoms with E-state index < -0.39 is 0 Å². The summed E-state index contributed by atoms with van der Waals surface area (Å²) in [4.78, 5) is 4.11. The first-order valence-corrected chi connectivity index (χ1v) is 7.03. The molecule has 20 heavy (non-hydrogen) atoms. The number of nitrogens with one attached hydrogen (secondary N) is 1. The van der Waals surface area contributed by atoms with Crippen molar-refractivity contribution in [3.8, 4) is 5.75 Å². The van der Waals surface area contributed by atoms with E-state index in [1.165, 1.54) is 12.8 Å². The number of aryl methyl sites for hydroxylation is 1. The lowest BCUT2D eigenvalue weighted by atomic mass is 10.2. The van der Waals surface area contributed by atoms with Gasteiger partial charge in [-0.3, -0.25) is 0 Å². The minimum Gasteiger partial charge on any atom is -0.484 e. The van der Waals surface area contributed by atoms with Gasteiger partial charge in [0.05, 0.1) is 5.02 Å². The molecule has 1 aliphatic rings. The van der Waals surface area contributed by atoms with Gasteiger partial charge < -0.3 is 14.6 Å². The Bertz CT molecular complexity index is 596. The van der Waals surface area contributed by atoms with Crippen molar-refractivity contribution in [3.05, 3.63) is 40.5 Å². The lowest BCUT2D eigenvalue weighted by molar-refractivity contribution is 0.282. The van der Waals surface area contributed by atoms with Crippen molar-refractivity contribution >= 4 is 11.6 Å². The molecule has 5 nitrogen and oxygen atoms in total. The molecule has 106 valence electrons. The molecule has 1 aromatic carbocycles. The van der Waals surface area contributed by atoms with Gasteiger partial charge >= 0.3 is 0 Å². The Morgan fingerprint density at radius 3 is 3.00 bits per heavy atom. The van der Waals surface area contributed by atoms with E-state index in [1.54, 1.807) is 6.92 Å². The summed E-state index contributed by atoms with van der Waals surface area (Å²) in [5, 5.41) is 7.86. The van der Waals surface area contributed by atoms with Crippen LogP contribution in [0, 0.1) is 6.92 Å². The first kappa shape index (κ1) is 13.4. The van der Waals surface area contributed by atoms with Crippen LogP contribution in [0.15, 0.2) is 22.7 Å². The van der Waals surface area contributed by atoms with E-state index in [4.69, 9.17) is 20.9 Å². The average molecular weight is 294 g/mol. The van der Waals surface area contributed by atoms with Gasteiger partial charge in [0.2, 0.25) is 11.7 Å². The molecular formula is C14H16ClN3O2. The molecule has 1 fully saturated rings. The fourth-order valence-electron chi connectivity index (χ4n) is 1.93. The summed E-state index contributed by atoms with van der Waals surface area (Å²) in [6, 6.07) is 6.40. The lowest BCUT2D eigenvalue weighted by Gasteiger charge is -2.12. The molecule has 0 aliphatic heterocycles. The molecule has 1 heterocycles. The highest BCUT2D eigenvalue weighted by molar-refractivity contribution is 6.32. The topological polar surface area (TPSA) is 60.2 Å². The predicted molar refractivity (Wildman–Crippen MR) is 74.7 cm³/mol. The molecule has 3 rings (SSSR count). The summed E-state index contributed by atoms with van der Waals surface area (Å²) in [6.07, 6.45) is 2.50. The lowest BCUT2D eigenvalue weighted by Crippen LogP contribution is -2.16. The zero-order valence-corrected chi connectivity index (χ0v) is 12.0. The van der Waals surface area contributed by atoms with E-state index in [1.807, 2.05) is 18.2 Å². The van der Waals surface area contributed by atoms with E-state index in [-0.39, 0.29) is 6.61 Å². The third kappa shape index (κ3) is 3.29. The van der Waals surface area contributed by atoms with E-state index in [2.05, 4.69) is 15.5 Å². The van der Waals surface area contributed by atoms with Gasteiger partial charge in [0.1, 0.15) is 5.75 Å². The second kappa shape index (κ2) is 5.81. The van der Waals surface area contributed by atoms with Crippen molar-refractivity contribution < 1.29 is 9.26 Å². The van der Waals surface area contributed by atoms with Gasteiger partial charge in [0.25, 0.3) is 0 Å². The van der Waals surface area contributed by atoms with Gasteiger partial charge in [0, 0.05) is 25.1 Å². The van der Waals surface area contributed by atoms with Crippen molar-refractivity contribution in [2.45, 2.75) is 39.0 Å². The second-order valence-corrected chi connectivity index (χ2v) is 5.31. The quantitative estimate of drug-likeness (QED) is 0.887. The predicted octanol–water partition coefficient (Wildman–Crippen LogP) is 2.86. The maximum atomic E-state index is 6.21. The maximum absolute atomic E-state index is 6.21. The van der Waals surface area contributed by atoms with Gasteiger partial charge in [-0.25, -0.2) is 0 Å².